The van der Waals surface area contributed by atoms with Crippen LogP contribution < -0.4 is 14.4 Å². The van der Waals surface area contributed by atoms with Crippen LogP contribution in [0.1, 0.15) is 54.4 Å². The number of anilines is 1. The van der Waals surface area contributed by atoms with E-state index in [-0.39, 0.29) is 40.5 Å². The van der Waals surface area contributed by atoms with Gasteiger partial charge in [-0.1, -0.05) is 109 Å². The van der Waals surface area contributed by atoms with Crippen molar-refractivity contribution in [3.8, 4) is 5.75 Å². The van der Waals surface area contributed by atoms with Crippen molar-refractivity contribution < 1.29 is 22.7 Å². The second kappa shape index (κ2) is 16.4. The second-order valence-corrected chi connectivity index (χ2v) is 15.0. The minimum Gasteiger partial charge on any atom is -0.495 e. The number of hydrogen-bond donors (Lipinski definition) is 1. The normalized spacial score (nSPS) is 14.1. The van der Waals surface area contributed by atoms with Crippen molar-refractivity contribution in [2.75, 3.05) is 18.0 Å². The zero-order valence-corrected chi connectivity index (χ0v) is 29.8. The molecule has 0 heterocycles. The van der Waals surface area contributed by atoms with E-state index in [4.69, 9.17) is 16.3 Å². The van der Waals surface area contributed by atoms with Crippen LogP contribution in [-0.4, -0.2) is 50.9 Å². The van der Waals surface area contributed by atoms with Crippen LogP contribution in [0, 0.1) is 13.8 Å². The fraction of sp³-hybridized carbons (Fsp3) is 0.333. The van der Waals surface area contributed by atoms with Gasteiger partial charge in [-0.2, -0.15) is 0 Å². The predicted octanol–water partition coefficient (Wildman–Crippen LogP) is 7.25. The molecule has 5 rings (SSSR count). The first-order chi connectivity index (χ1) is 23.5. The monoisotopic (exact) mass is 701 g/mol. The van der Waals surface area contributed by atoms with Gasteiger partial charge in [0.2, 0.25) is 11.8 Å². The van der Waals surface area contributed by atoms with Gasteiger partial charge in [0.05, 0.1) is 22.7 Å². The number of aryl methyl sites for hydroxylation is 2. The molecular weight excluding hydrogens is 658 g/mol. The first-order valence-electron chi connectivity index (χ1n) is 16.7. The topological polar surface area (TPSA) is 96.0 Å². The molecule has 0 aromatic heterocycles. The third-order valence-corrected chi connectivity index (χ3v) is 11.1. The number of nitrogens with zero attached hydrogens (tertiary/aromatic N) is 2. The lowest BCUT2D eigenvalue weighted by Crippen LogP contribution is -2.55. The van der Waals surface area contributed by atoms with Crippen LogP contribution in [0.3, 0.4) is 0 Å². The molecule has 1 saturated carbocycles. The molecule has 0 spiro atoms. The summed E-state index contributed by atoms with van der Waals surface area (Å²) in [4.78, 5) is 30.6. The van der Waals surface area contributed by atoms with Crippen LogP contribution in [-0.2, 0) is 32.6 Å². The minimum atomic E-state index is -4.26. The van der Waals surface area contributed by atoms with E-state index in [9.17, 15) is 18.0 Å². The van der Waals surface area contributed by atoms with Crippen molar-refractivity contribution in [3.63, 3.8) is 0 Å². The number of rotatable bonds is 13. The standard InChI is InChI=1S/C39H44ClN3O5S/c1-28-17-20-34(21-18-28)49(46,47)43(33-19-22-37(48-3)35(40)25-33)27-38(44)42(26-31-14-10-11-29(2)23-31)36(24-30-12-6-4-7-13-30)39(45)41-32-15-8-5-9-16-32/h4,6-7,10-14,17-23,25,32,36H,5,8-9,15-16,24,26-27H2,1-3H3,(H,41,45)/t36-/m1/s1. The lowest BCUT2D eigenvalue weighted by molar-refractivity contribution is -0.140. The summed E-state index contributed by atoms with van der Waals surface area (Å²) in [5.41, 5.74) is 3.82. The van der Waals surface area contributed by atoms with Gasteiger partial charge >= 0.3 is 0 Å². The lowest BCUT2D eigenvalue weighted by atomic mass is 9.94. The maximum atomic E-state index is 14.8. The van der Waals surface area contributed by atoms with Crippen LogP contribution >= 0.6 is 11.6 Å². The lowest BCUT2D eigenvalue weighted by Gasteiger charge is -2.35. The van der Waals surface area contributed by atoms with Crippen molar-refractivity contribution in [3.05, 3.63) is 124 Å². The summed E-state index contributed by atoms with van der Waals surface area (Å²) in [5, 5.41) is 3.44. The van der Waals surface area contributed by atoms with Gasteiger partial charge in [-0.15, -0.1) is 0 Å². The molecule has 0 unspecified atom stereocenters. The SMILES string of the molecule is COc1ccc(N(CC(=O)N(Cc2cccc(C)c2)[C@H](Cc2ccccc2)C(=O)NC2CCCCC2)S(=O)(=O)c2ccc(C)cc2)cc1Cl. The van der Waals surface area contributed by atoms with Gasteiger partial charge < -0.3 is 15.0 Å². The molecule has 4 aromatic carbocycles. The number of carbonyl (C=O) groups excluding carboxylic acids is 2. The Hall–Kier alpha value is -4.34. The highest BCUT2D eigenvalue weighted by Gasteiger charge is 2.35. The summed E-state index contributed by atoms with van der Waals surface area (Å²) < 4.78 is 35.0. The first kappa shape index (κ1) is 36.0. The zero-order valence-electron chi connectivity index (χ0n) is 28.3. The number of ether oxygens (including phenoxy) is 1. The highest BCUT2D eigenvalue weighted by Crippen LogP contribution is 2.32. The van der Waals surface area contributed by atoms with Crippen molar-refractivity contribution in [1.29, 1.82) is 0 Å². The maximum Gasteiger partial charge on any atom is 0.264 e. The fourth-order valence-electron chi connectivity index (χ4n) is 6.28. The Morgan fingerprint density at radius 3 is 2.20 bits per heavy atom. The number of methoxy groups -OCH3 is 1. The Balaban J connectivity index is 1.58. The number of sulfonamides is 1. The molecule has 0 saturated heterocycles. The van der Waals surface area contributed by atoms with Gasteiger partial charge in [-0.3, -0.25) is 13.9 Å². The van der Waals surface area contributed by atoms with Gasteiger partial charge in [0.15, 0.2) is 0 Å². The third-order valence-electron chi connectivity index (χ3n) is 8.97. The van der Waals surface area contributed by atoms with Crippen LogP contribution in [0.2, 0.25) is 5.02 Å². The minimum absolute atomic E-state index is 0.0234. The summed E-state index contributed by atoms with van der Waals surface area (Å²) in [5.74, 6) is -0.408. The zero-order chi connectivity index (χ0) is 35.0. The maximum absolute atomic E-state index is 14.8. The van der Waals surface area contributed by atoms with Crippen LogP contribution in [0.15, 0.2) is 102 Å². The first-order valence-corrected chi connectivity index (χ1v) is 18.5. The number of halogens is 1. The molecule has 1 aliphatic rings. The molecule has 1 atom stereocenters. The fourth-order valence-corrected chi connectivity index (χ4v) is 7.94. The molecule has 2 amide bonds. The van der Waals surface area contributed by atoms with Gasteiger partial charge in [0.1, 0.15) is 18.3 Å². The Morgan fingerprint density at radius 1 is 0.857 bits per heavy atom. The predicted molar refractivity (Wildman–Crippen MR) is 194 cm³/mol. The Morgan fingerprint density at radius 2 is 1.55 bits per heavy atom. The molecule has 258 valence electrons. The van der Waals surface area contributed by atoms with E-state index in [1.54, 1.807) is 24.3 Å². The van der Waals surface area contributed by atoms with Crippen LogP contribution in [0.4, 0.5) is 5.69 Å². The number of amides is 2. The molecule has 49 heavy (non-hydrogen) atoms. The number of carbonyl (C=O) groups is 2. The molecule has 1 fully saturated rings. The van der Waals surface area contributed by atoms with Gasteiger partial charge in [-0.05, 0) is 68.1 Å². The average molecular weight is 702 g/mol. The molecular formula is C39H44ClN3O5S. The molecule has 4 aromatic rings. The highest BCUT2D eigenvalue weighted by atomic mass is 35.5. The number of nitrogens with one attached hydrogen (secondary N) is 1. The Kier molecular flexibility index (Phi) is 12.0. The third kappa shape index (κ3) is 9.22. The number of hydrogen-bond acceptors (Lipinski definition) is 5. The van der Waals surface area contributed by atoms with E-state index in [0.29, 0.717) is 5.75 Å². The summed E-state index contributed by atoms with van der Waals surface area (Å²) in [6.45, 7) is 3.39. The van der Waals surface area contributed by atoms with Gasteiger partial charge in [-0.25, -0.2) is 8.42 Å². The van der Waals surface area contributed by atoms with E-state index >= 15 is 0 Å². The van der Waals surface area contributed by atoms with Crippen molar-refractivity contribution in [2.45, 2.75) is 75.9 Å². The Bertz CT molecular complexity index is 1840. The van der Waals surface area contributed by atoms with Crippen molar-refractivity contribution >= 4 is 39.1 Å². The molecule has 8 nitrogen and oxygen atoms in total. The second-order valence-electron chi connectivity index (χ2n) is 12.7. The molecule has 1 aliphatic carbocycles. The van der Waals surface area contributed by atoms with E-state index in [0.717, 1.165) is 58.7 Å². The molecule has 1 N–H and O–H groups in total. The van der Waals surface area contributed by atoms with Gasteiger partial charge in [0.25, 0.3) is 10.0 Å². The van der Waals surface area contributed by atoms with Crippen LogP contribution in [0.25, 0.3) is 0 Å². The molecule has 0 bridgehead atoms. The molecule has 0 radical (unpaired) electrons. The molecule has 0 aliphatic heterocycles. The van der Waals surface area contributed by atoms with E-state index in [2.05, 4.69) is 5.32 Å². The van der Waals surface area contributed by atoms with Crippen molar-refractivity contribution in [2.24, 2.45) is 0 Å². The summed E-state index contributed by atoms with van der Waals surface area (Å²) in [6.07, 6.45) is 5.24. The van der Waals surface area contributed by atoms with E-state index < -0.39 is 28.5 Å². The van der Waals surface area contributed by atoms with Gasteiger partial charge in [0, 0.05) is 19.0 Å². The largest absolute Gasteiger partial charge is 0.495 e. The Labute approximate surface area is 295 Å². The molecule has 10 heteroatoms. The van der Waals surface area contributed by atoms with E-state index in [1.165, 1.54) is 30.2 Å². The van der Waals surface area contributed by atoms with Crippen molar-refractivity contribution in [1.82, 2.24) is 10.2 Å². The summed E-state index contributed by atoms with van der Waals surface area (Å²) in [7, 11) is -2.79. The average Bonchev–Trinajstić information content (AvgIpc) is 3.09. The summed E-state index contributed by atoms with van der Waals surface area (Å²) in [6, 6.07) is 27.5. The smallest absolute Gasteiger partial charge is 0.264 e. The quantitative estimate of drug-likeness (QED) is 0.159. The van der Waals surface area contributed by atoms with Crippen LogP contribution in [0.5, 0.6) is 5.75 Å². The van der Waals surface area contributed by atoms with E-state index in [1.807, 2.05) is 68.4 Å². The summed E-state index contributed by atoms with van der Waals surface area (Å²) >= 11 is 6.49. The number of benzene rings is 4. The highest BCUT2D eigenvalue weighted by molar-refractivity contribution is 7.92.